The molecule has 1 atom stereocenters. The first-order valence-corrected chi connectivity index (χ1v) is 9.00. The van der Waals surface area contributed by atoms with Crippen LogP contribution in [0.5, 0.6) is 11.5 Å². The lowest BCUT2D eigenvalue weighted by molar-refractivity contribution is 0.303. The molecule has 6 nitrogen and oxygen atoms in total. The quantitative estimate of drug-likeness (QED) is 0.360. The highest BCUT2D eigenvalue weighted by molar-refractivity contribution is 14.0. The molecule has 1 fully saturated rings. The maximum Gasteiger partial charge on any atom is 0.188 e. The number of hydrogen-bond acceptors (Lipinski definition) is 4. The van der Waals surface area contributed by atoms with Crippen LogP contribution in [0.4, 0.5) is 0 Å². The van der Waals surface area contributed by atoms with E-state index in [0.717, 1.165) is 17.1 Å². The van der Waals surface area contributed by atoms with E-state index in [1.54, 1.807) is 14.2 Å². The van der Waals surface area contributed by atoms with Crippen LogP contribution in [0.15, 0.2) is 23.2 Å². The molecule has 0 amide bonds. The van der Waals surface area contributed by atoms with Gasteiger partial charge in [-0.15, -0.1) is 24.0 Å². The molecule has 0 bridgehead atoms. The summed E-state index contributed by atoms with van der Waals surface area (Å²) in [7, 11) is 7.38. The monoisotopic (exact) mass is 476 g/mol. The van der Waals surface area contributed by atoms with Gasteiger partial charge in [-0.05, 0) is 44.6 Å². The van der Waals surface area contributed by atoms with Gasteiger partial charge in [0, 0.05) is 6.04 Å². The number of ether oxygens (including phenoxy) is 2. The smallest absolute Gasteiger partial charge is 0.188 e. The number of hydrogen-bond donors (Lipinski definition) is 2. The van der Waals surface area contributed by atoms with Crippen LogP contribution in [-0.2, 0) is 0 Å². The number of benzene rings is 1. The molecule has 148 valence electrons. The third kappa shape index (κ3) is 6.50. The first-order chi connectivity index (χ1) is 12.0. The number of guanidine groups is 1. The van der Waals surface area contributed by atoms with E-state index in [-0.39, 0.29) is 30.0 Å². The Morgan fingerprint density at radius 3 is 2.42 bits per heavy atom. The number of nitrogens with two attached hydrogens (primary N) is 1. The fourth-order valence-electron chi connectivity index (χ4n) is 3.31. The van der Waals surface area contributed by atoms with Crippen LogP contribution in [0, 0.1) is 0 Å². The molecule has 0 saturated heterocycles. The second-order valence-corrected chi connectivity index (χ2v) is 6.80. The highest BCUT2D eigenvalue weighted by Crippen LogP contribution is 2.31. The minimum Gasteiger partial charge on any atom is -0.493 e. The second kappa shape index (κ2) is 11.5. The van der Waals surface area contributed by atoms with Crippen molar-refractivity contribution in [1.82, 2.24) is 10.2 Å². The van der Waals surface area contributed by atoms with Crippen LogP contribution in [0.3, 0.4) is 0 Å². The van der Waals surface area contributed by atoms with Gasteiger partial charge in [-0.3, -0.25) is 4.99 Å². The van der Waals surface area contributed by atoms with E-state index in [0.29, 0.717) is 18.5 Å². The van der Waals surface area contributed by atoms with Gasteiger partial charge in [0.1, 0.15) is 0 Å². The highest BCUT2D eigenvalue weighted by atomic mass is 127. The van der Waals surface area contributed by atoms with E-state index in [9.17, 15) is 0 Å². The molecule has 1 aromatic rings. The molecule has 0 aliphatic heterocycles. The largest absolute Gasteiger partial charge is 0.493 e. The topological polar surface area (TPSA) is 72.1 Å². The third-order valence-electron chi connectivity index (χ3n) is 4.81. The molecule has 0 aromatic heterocycles. The Morgan fingerprint density at radius 1 is 1.19 bits per heavy atom. The number of likely N-dealkylation sites (N-methyl/N-ethyl adjacent to an activating group) is 1. The van der Waals surface area contributed by atoms with Gasteiger partial charge in [0.15, 0.2) is 17.5 Å². The molecule has 1 aliphatic carbocycles. The zero-order chi connectivity index (χ0) is 18.2. The lowest BCUT2D eigenvalue weighted by atomic mass is 9.96. The molecule has 26 heavy (non-hydrogen) atoms. The summed E-state index contributed by atoms with van der Waals surface area (Å²) in [6.45, 7) is 0.591. The molecule has 0 spiro atoms. The van der Waals surface area contributed by atoms with E-state index in [1.807, 2.05) is 32.3 Å². The van der Waals surface area contributed by atoms with Crippen molar-refractivity contribution in [3.05, 3.63) is 23.8 Å². The molecule has 0 radical (unpaired) electrons. The van der Waals surface area contributed by atoms with Gasteiger partial charge >= 0.3 is 0 Å². The summed E-state index contributed by atoms with van der Waals surface area (Å²) in [5.41, 5.74) is 7.23. The minimum atomic E-state index is 0. The van der Waals surface area contributed by atoms with Crippen molar-refractivity contribution in [3.63, 3.8) is 0 Å². The second-order valence-electron chi connectivity index (χ2n) is 6.80. The Hall–Kier alpha value is -1.22. The van der Waals surface area contributed by atoms with Gasteiger partial charge in [0.25, 0.3) is 0 Å². The average Bonchev–Trinajstić information content (AvgIpc) is 2.62. The molecule has 0 heterocycles. The Bertz CT molecular complexity index is 575. The van der Waals surface area contributed by atoms with Gasteiger partial charge in [0.2, 0.25) is 0 Å². The van der Waals surface area contributed by atoms with Gasteiger partial charge in [0.05, 0.1) is 26.8 Å². The zero-order valence-electron chi connectivity index (χ0n) is 16.3. The Balaban J connectivity index is 0.00000338. The van der Waals surface area contributed by atoms with Crippen LogP contribution < -0.4 is 20.5 Å². The van der Waals surface area contributed by atoms with E-state index in [2.05, 4.69) is 15.2 Å². The molecule has 7 heteroatoms. The fourth-order valence-corrected chi connectivity index (χ4v) is 3.31. The van der Waals surface area contributed by atoms with Crippen molar-refractivity contribution in [2.24, 2.45) is 10.7 Å². The summed E-state index contributed by atoms with van der Waals surface area (Å²) in [5, 5.41) is 3.37. The summed E-state index contributed by atoms with van der Waals surface area (Å²) < 4.78 is 10.7. The van der Waals surface area contributed by atoms with Crippen LogP contribution in [-0.4, -0.2) is 51.8 Å². The first kappa shape index (κ1) is 22.8. The lowest BCUT2D eigenvalue weighted by Gasteiger charge is -2.25. The van der Waals surface area contributed by atoms with Gasteiger partial charge in [-0.2, -0.15) is 0 Å². The van der Waals surface area contributed by atoms with Crippen molar-refractivity contribution in [3.8, 4) is 11.5 Å². The van der Waals surface area contributed by atoms with Gasteiger partial charge in [-0.1, -0.05) is 25.3 Å². The van der Waals surface area contributed by atoms with Crippen molar-refractivity contribution in [2.45, 2.75) is 44.2 Å². The third-order valence-corrected chi connectivity index (χ3v) is 4.81. The molecule has 1 unspecified atom stereocenters. The van der Waals surface area contributed by atoms with Crippen molar-refractivity contribution < 1.29 is 9.47 Å². The molecule has 1 aromatic carbocycles. The molecule has 1 aliphatic rings. The molecular weight excluding hydrogens is 443 g/mol. The van der Waals surface area contributed by atoms with Gasteiger partial charge in [-0.25, -0.2) is 0 Å². The fraction of sp³-hybridized carbons (Fsp3) is 0.632. The molecular formula is C19H33IN4O2. The van der Waals surface area contributed by atoms with E-state index < -0.39 is 0 Å². The molecule has 1 saturated carbocycles. The predicted octanol–water partition coefficient (Wildman–Crippen LogP) is 3.16. The Morgan fingerprint density at radius 2 is 1.85 bits per heavy atom. The number of nitrogens with one attached hydrogen (secondary N) is 1. The summed E-state index contributed by atoms with van der Waals surface area (Å²) >= 11 is 0. The van der Waals surface area contributed by atoms with Crippen molar-refractivity contribution in [1.29, 1.82) is 0 Å². The van der Waals surface area contributed by atoms with E-state index in [4.69, 9.17) is 15.2 Å². The minimum absolute atomic E-state index is 0. The van der Waals surface area contributed by atoms with Gasteiger partial charge < -0.3 is 25.4 Å². The van der Waals surface area contributed by atoms with Crippen LogP contribution in [0.2, 0.25) is 0 Å². The van der Waals surface area contributed by atoms with E-state index >= 15 is 0 Å². The maximum atomic E-state index is 6.11. The number of aliphatic imine (C=N–C) groups is 1. The average molecular weight is 476 g/mol. The lowest BCUT2D eigenvalue weighted by Crippen LogP contribution is -2.41. The number of rotatable bonds is 7. The summed E-state index contributed by atoms with van der Waals surface area (Å²) in [4.78, 5) is 6.72. The SMILES string of the molecule is COc1ccc(C(CN=C(N)NC2CCCCC2)N(C)C)cc1OC.I. The Labute approximate surface area is 174 Å². The van der Waals surface area contributed by atoms with Crippen LogP contribution in [0.1, 0.15) is 43.7 Å². The number of halogens is 1. The maximum absolute atomic E-state index is 6.11. The summed E-state index contributed by atoms with van der Waals surface area (Å²) in [6, 6.07) is 6.57. The standard InChI is InChI=1S/C19H32N4O2.HI/c1-23(2)16(14-10-11-17(24-3)18(12-14)25-4)13-21-19(20)22-15-8-6-5-7-9-15;/h10-12,15-16H,5-9,13H2,1-4H3,(H3,20,21,22);1H. The predicted molar refractivity (Wildman–Crippen MR) is 118 cm³/mol. The summed E-state index contributed by atoms with van der Waals surface area (Å²) in [6.07, 6.45) is 6.25. The number of methoxy groups -OCH3 is 2. The highest BCUT2D eigenvalue weighted by Gasteiger charge is 2.17. The van der Waals surface area contributed by atoms with Crippen LogP contribution in [0.25, 0.3) is 0 Å². The Kier molecular flexibility index (Phi) is 10.1. The summed E-state index contributed by atoms with van der Waals surface area (Å²) in [5.74, 6) is 1.99. The molecule has 2 rings (SSSR count). The first-order valence-electron chi connectivity index (χ1n) is 9.00. The van der Waals surface area contributed by atoms with Crippen molar-refractivity contribution in [2.75, 3.05) is 34.9 Å². The molecule has 3 N–H and O–H groups in total. The van der Waals surface area contributed by atoms with Crippen LogP contribution >= 0.6 is 24.0 Å². The van der Waals surface area contributed by atoms with Crippen molar-refractivity contribution >= 4 is 29.9 Å². The zero-order valence-corrected chi connectivity index (χ0v) is 18.7. The van der Waals surface area contributed by atoms with E-state index in [1.165, 1.54) is 32.1 Å². The normalized spacial score (nSPS) is 16.7. The number of nitrogens with zero attached hydrogens (tertiary/aromatic N) is 2.